The lowest BCUT2D eigenvalue weighted by atomic mass is 10.2. The fourth-order valence-corrected chi connectivity index (χ4v) is 1.77. The van der Waals surface area contributed by atoms with E-state index < -0.39 is 6.43 Å². The molecular weight excluding hydrogens is 256 g/mol. The predicted octanol–water partition coefficient (Wildman–Crippen LogP) is 2.85. The first-order valence-electron chi connectivity index (χ1n) is 3.80. The van der Waals surface area contributed by atoms with Crippen LogP contribution in [0.5, 0.6) is 0 Å². The summed E-state index contributed by atoms with van der Waals surface area (Å²) in [4.78, 5) is 6.49. The number of rotatable bonds is 1. The fourth-order valence-electron chi connectivity index (χ4n) is 1.29. The van der Waals surface area contributed by atoms with Crippen molar-refractivity contribution >= 4 is 32.9 Å². The van der Waals surface area contributed by atoms with Gasteiger partial charge in [0.05, 0.1) is 11.0 Å². The van der Waals surface area contributed by atoms with Gasteiger partial charge in [-0.05, 0) is 12.1 Å². The van der Waals surface area contributed by atoms with Crippen LogP contribution in [0.25, 0.3) is 11.0 Å². The molecule has 0 unspecified atom stereocenters. The van der Waals surface area contributed by atoms with E-state index in [2.05, 4.69) is 25.9 Å². The third kappa shape index (κ3) is 1.45. The van der Waals surface area contributed by atoms with Crippen LogP contribution in [0.15, 0.2) is 16.6 Å². The Labute approximate surface area is 86.4 Å². The Morgan fingerprint density at radius 3 is 2.79 bits per heavy atom. The van der Waals surface area contributed by atoms with Crippen molar-refractivity contribution in [1.29, 1.82) is 0 Å². The van der Waals surface area contributed by atoms with Crippen LogP contribution < -0.4 is 5.73 Å². The maximum Gasteiger partial charge on any atom is 0.266 e. The third-order valence-corrected chi connectivity index (χ3v) is 2.29. The van der Waals surface area contributed by atoms with Crippen molar-refractivity contribution in [3.05, 3.63) is 22.2 Å². The van der Waals surface area contributed by atoms with E-state index in [4.69, 9.17) is 5.73 Å². The van der Waals surface area contributed by atoms with Gasteiger partial charge in [-0.15, -0.1) is 0 Å². The average molecular weight is 262 g/mol. The number of anilines is 1. The minimum absolute atomic E-state index is 0.123. The van der Waals surface area contributed by atoms with E-state index >= 15 is 0 Å². The molecule has 74 valence electrons. The van der Waals surface area contributed by atoms with E-state index in [-0.39, 0.29) is 17.0 Å². The quantitative estimate of drug-likeness (QED) is 0.830. The van der Waals surface area contributed by atoms with Crippen LogP contribution in [-0.4, -0.2) is 9.97 Å². The smallest absolute Gasteiger partial charge is 0.266 e. The number of hydrogen-bond acceptors (Lipinski definition) is 2. The topological polar surface area (TPSA) is 54.7 Å². The summed E-state index contributed by atoms with van der Waals surface area (Å²) in [6.45, 7) is 0. The zero-order chi connectivity index (χ0) is 10.3. The van der Waals surface area contributed by atoms with Crippen LogP contribution in [-0.2, 0) is 0 Å². The molecule has 0 fully saturated rings. The van der Waals surface area contributed by atoms with Crippen LogP contribution in [0.2, 0.25) is 0 Å². The van der Waals surface area contributed by atoms with Gasteiger partial charge < -0.3 is 10.7 Å². The van der Waals surface area contributed by atoms with Crippen molar-refractivity contribution in [2.75, 3.05) is 5.73 Å². The maximum absolute atomic E-state index is 12.6. The van der Waals surface area contributed by atoms with E-state index in [1.165, 1.54) is 6.07 Å². The predicted molar refractivity (Wildman–Crippen MR) is 53.2 cm³/mol. The molecule has 0 aliphatic heterocycles. The number of fused-ring (bicyclic) bond motifs is 1. The highest BCUT2D eigenvalue weighted by Gasteiger charge is 2.15. The Balaban J connectivity index is 2.79. The van der Waals surface area contributed by atoms with Crippen LogP contribution in [0.3, 0.4) is 0 Å². The number of alkyl halides is 2. The standard InChI is InChI=1S/C8H6BrF2N3/c9-3-1-4(7(10)11)6-5(2-3)13-8(12)14-6/h1-2,7H,(H3,12,13,14). The number of imidazole rings is 1. The number of nitrogens with one attached hydrogen (secondary N) is 1. The molecule has 0 aliphatic rings. The molecule has 2 aromatic rings. The lowest BCUT2D eigenvalue weighted by Gasteiger charge is -2.00. The van der Waals surface area contributed by atoms with Gasteiger partial charge in [-0.25, -0.2) is 13.8 Å². The van der Waals surface area contributed by atoms with Gasteiger partial charge in [-0.1, -0.05) is 15.9 Å². The summed E-state index contributed by atoms with van der Waals surface area (Å²) >= 11 is 3.14. The van der Waals surface area contributed by atoms with Gasteiger partial charge in [0.1, 0.15) is 0 Å². The molecule has 0 radical (unpaired) electrons. The Bertz CT molecular complexity index is 481. The van der Waals surface area contributed by atoms with Crippen LogP contribution >= 0.6 is 15.9 Å². The number of nitrogens with two attached hydrogens (primary N) is 1. The molecule has 0 aliphatic carbocycles. The summed E-state index contributed by atoms with van der Waals surface area (Å²) in [7, 11) is 0. The summed E-state index contributed by atoms with van der Waals surface area (Å²) < 4.78 is 25.7. The molecule has 0 amide bonds. The lowest BCUT2D eigenvalue weighted by molar-refractivity contribution is 0.153. The second-order valence-corrected chi connectivity index (χ2v) is 3.73. The summed E-state index contributed by atoms with van der Waals surface area (Å²) in [6, 6.07) is 3.00. The second kappa shape index (κ2) is 3.20. The number of nitrogens with zero attached hydrogens (tertiary/aromatic N) is 1. The molecule has 1 aromatic carbocycles. The molecule has 3 nitrogen and oxygen atoms in total. The first-order valence-corrected chi connectivity index (χ1v) is 4.60. The van der Waals surface area contributed by atoms with E-state index in [0.717, 1.165) is 0 Å². The largest absolute Gasteiger partial charge is 0.369 e. The van der Waals surface area contributed by atoms with Crippen molar-refractivity contribution in [2.24, 2.45) is 0 Å². The number of halogens is 3. The summed E-state index contributed by atoms with van der Waals surface area (Å²) in [6.07, 6.45) is -2.56. The Morgan fingerprint density at radius 2 is 2.14 bits per heavy atom. The molecule has 1 heterocycles. The zero-order valence-electron chi connectivity index (χ0n) is 6.89. The van der Waals surface area contributed by atoms with E-state index in [0.29, 0.717) is 9.99 Å². The molecule has 0 saturated heterocycles. The summed E-state index contributed by atoms with van der Waals surface area (Å²) in [5.41, 5.74) is 5.99. The van der Waals surface area contributed by atoms with Crippen LogP contribution in [0, 0.1) is 0 Å². The number of benzene rings is 1. The van der Waals surface area contributed by atoms with Gasteiger partial charge in [0.15, 0.2) is 5.95 Å². The number of aromatic nitrogens is 2. The zero-order valence-corrected chi connectivity index (χ0v) is 8.48. The molecule has 14 heavy (non-hydrogen) atoms. The first kappa shape index (κ1) is 9.39. The van der Waals surface area contributed by atoms with E-state index in [1.54, 1.807) is 6.07 Å². The van der Waals surface area contributed by atoms with Crippen molar-refractivity contribution in [3.8, 4) is 0 Å². The molecular formula is C8H6BrF2N3. The number of hydrogen-bond donors (Lipinski definition) is 2. The molecule has 2 rings (SSSR count). The molecule has 3 N–H and O–H groups in total. The SMILES string of the molecule is Nc1nc2c(C(F)F)cc(Br)cc2[nH]1. The second-order valence-electron chi connectivity index (χ2n) is 2.81. The molecule has 6 heteroatoms. The average Bonchev–Trinajstić information content (AvgIpc) is 2.42. The van der Waals surface area contributed by atoms with Gasteiger partial charge >= 0.3 is 0 Å². The summed E-state index contributed by atoms with van der Waals surface area (Å²) in [5.74, 6) is 0.139. The molecule has 0 saturated carbocycles. The van der Waals surface area contributed by atoms with Crippen molar-refractivity contribution in [1.82, 2.24) is 9.97 Å². The minimum atomic E-state index is -2.56. The maximum atomic E-state index is 12.6. The van der Waals surface area contributed by atoms with Gasteiger partial charge in [-0.3, -0.25) is 0 Å². The monoisotopic (exact) mass is 261 g/mol. The molecule has 0 spiro atoms. The molecule has 0 atom stereocenters. The van der Waals surface area contributed by atoms with Crippen molar-refractivity contribution in [2.45, 2.75) is 6.43 Å². The highest BCUT2D eigenvalue weighted by Crippen LogP contribution is 2.30. The number of aromatic amines is 1. The molecule has 1 aromatic heterocycles. The van der Waals surface area contributed by atoms with Gasteiger partial charge in [0.2, 0.25) is 0 Å². The Morgan fingerprint density at radius 1 is 1.43 bits per heavy atom. The van der Waals surface area contributed by atoms with Crippen LogP contribution in [0.4, 0.5) is 14.7 Å². The van der Waals surface area contributed by atoms with Crippen LogP contribution in [0.1, 0.15) is 12.0 Å². The van der Waals surface area contributed by atoms with Gasteiger partial charge in [0.25, 0.3) is 6.43 Å². The van der Waals surface area contributed by atoms with E-state index in [1.807, 2.05) is 0 Å². The van der Waals surface area contributed by atoms with Crippen molar-refractivity contribution in [3.63, 3.8) is 0 Å². The van der Waals surface area contributed by atoms with Gasteiger partial charge in [-0.2, -0.15) is 0 Å². The van der Waals surface area contributed by atoms with Gasteiger partial charge in [0, 0.05) is 10.0 Å². The van der Waals surface area contributed by atoms with Crippen molar-refractivity contribution < 1.29 is 8.78 Å². The molecule has 0 bridgehead atoms. The lowest BCUT2D eigenvalue weighted by Crippen LogP contribution is -1.87. The third-order valence-electron chi connectivity index (χ3n) is 1.83. The fraction of sp³-hybridized carbons (Fsp3) is 0.125. The number of nitrogen functional groups attached to an aromatic ring is 1. The number of H-pyrrole nitrogens is 1. The summed E-state index contributed by atoms with van der Waals surface area (Å²) in [5, 5.41) is 0. The highest BCUT2D eigenvalue weighted by atomic mass is 79.9. The first-order chi connectivity index (χ1) is 6.58. The normalized spacial score (nSPS) is 11.4. The highest BCUT2D eigenvalue weighted by molar-refractivity contribution is 9.10. The Hall–Kier alpha value is -1.17. The minimum Gasteiger partial charge on any atom is -0.369 e. The Kier molecular flexibility index (Phi) is 2.14. The van der Waals surface area contributed by atoms with E-state index in [9.17, 15) is 8.78 Å².